The highest BCUT2D eigenvalue weighted by molar-refractivity contribution is 6.30. The van der Waals surface area contributed by atoms with Gasteiger partial charge in [-0.2, -0.15) is 5.10 Å². The lowest BCUT2D eigenvalue weighted by atomic mass is 10.1. The van der Waals surface area contributed by atoms with E-state index in [-0.39, 0.29) is 5.91 Å². The minimum atomic E-state index is -0.157. The number of carbonyl (C=O) groups excluding carboxylic acids is 1. The van der Waals surface area contributed by atoms with Crippen LogP contribution in [0.2, 0.25) is 5.02 Å². The van der Waals surface area contributed by atoms with Crippen molar-refractivity contribution in [1.82, 2.24) is 15.5 Å². The Morgan fingerprint density at radius 3 is 2.28 bits per heavy atom. The summed E-state index contributed by atoms with van der Waals surface area (Å²) in [6.07, 6.45) is 0. The molecular formula is C25H22ClN3O3. The van der Waals surface area contributed by atoms with E-state index in [0.29, 0.717) is 28.6 Å². The molecule has 32 heavy (non-hydrogen) atoms. The van der Waals surface area contributed by atoms with Crippen LogP contribution in [-0.4, -0.2) is 30.3 Å². The molecule has 0 aliphatic rings. The number of halogens is 1. The number of hydrogen-bond acceptors (Lipinski definition) is 4. The number of hydrogen-bond donors (Lipinski definition) is 2. The third-order valence-electron chi connectivity index (χ3n) is 5.08. The van der Waals surface area contributed by atoms with Gasteiger partial charge >= 0.3 is 0 Å². The number of H-pyrrole nitrogens is 1. The van der Waals surface area contributed by atoms with Crippen molar-refractivity contribution >= 4 is 17.5 Å². The van der Waals surface area contributed by atoms with Crippen LogP contribution >= 0.6 is 11.6 Å². The molecule has 0 aliphatic heterocycles. The highest BCUT2D eigenvalue weighted by Gasteiger charge is 2.10. The average molecular weight is 448 g/mol. The molecule has 0 saturated heterocycles. The molecule has 4 rings (SSSR count). The van der Waals surface area contributed by atoms with Crippen LogP contribution in [0, 0.1) is 0 Å². The van der Waals surface area contributed by atoms with E-state index in [9.17, 15) is 4.79 Å². The Morgan fingerprint density at radius 1 is 0.906 bits per heavy atom. The lowest BCUT2D eigenvalue weighted by Gasteiger charge is -2.10. The zero-order chi connectivity index (χ0) is 22.5. The van der Waals surface area contributed by atoms with Gasteiger partial charge in [-0.3, -0.25) is 9.89 Å². The molecule has 0 bridgehead atoms. The molecule has 6 nitrogen and oxygen atoms in total. The third-order valence-corrected chi connectivity index (χ3v) is 5.33. The molecule has 1 aromatic heterocycles. The zero-order valence-electron chi connectivity index (χ0n) is 17.7. The fourth-order valence-corrected chi connectivity index (χ4v) is 3.44. The van der Waals surface area contributed by atoms with Gasteiger partial charge in [0.1, 0.15) is 0 Å². The summed E-state index contributed by atoms with van der Waals surface area (Å²) in [4.78, 5) is 12.6. The van der Waals surface area contributed by atoms with Crippen molar-refractivity contribution in [2.45, 2.75) is 6.54 Å². The monoisotopic (exact) mass is 447 g/mol. The maximum Gasteiger partial charge on any atom is 0.251 e. The van der Waals surface area contributed by atoms with Gasteiger partial charge in [-0.15, -0.1) is 0 Å². The van der Waals surface area contributed by atoms with Crippen LogP contribution in [0.5, 0.6) is 11.5 Å². The fourth-order valence-electron chi connectivity index (χ4n) is 3.31. The predicted molar refractivity (Wildman–Crippen MR) is 125 cm³/mol. The molecular weight excluding hydrogens is 426 g/mol. The number of rotatable bonds is 7. The number of aromatic amines is 1. The topological polar surface area (TPSA) is 76.2 Å². The van der Waals surface area contributed by atoms with Gasteiger partial charge in [0.25, 0.3) is 5.91 Å². The molecule has 7 heteroatoms. The van der Waals surface area contributed by atoms with E-state index >= 15 is 0 Å². The molecule has 0 atom stereocenters. The normalized spacial score (nSPS) is 10.6. The van der Waals surface area contributed by atoms with Crippen LogP contribution in [-0.2, 0) is 6.54 Å². The van der Waals surface area contributed by atoms with E-state index in [1.54, 1.807) is 26.4 Å². The summed E-state index contributed by atoms with van der Waals surface area (Å²) in [6, 6.07) is 22.4. The van der Waals surface area contributed by atoms with Gasteiger partial charge in [0.15, 0.2) is 11.5 Å². The van der Waals surface area contributed by atoms with Gasteiger partial charge in [0.2, 0.25) is 0 Å². The fraction of sp³-hybridized carbons (Fsp3) is 0.120. The molecule has 1 amide bonds. The number of nitrogens with one attached hydrogen (secondary N) is 2. The van der Waals surface area contributed by atoms with Crippen molar-refractivity contribution in [1.29, 1.82) is 0 Å². The van der Waals surface area contributed by atoms with Gasteiger partial charge in [0, 0.05) is 22.7 Å². The first-order valence-electron chi connectivity index (χ1n) is 9.98. The largest absolute Gasteiger partial charge is 0.493 e. The number of aromatic nitrogens is 2. The molecule has 3 aromatic carbocycles. The second-order valence-electron chi connectivity index (χ2n) is 7.12. The lowest BCUT2D eigenvalue weighted by molar-refractivity contribution is 0.0951. The molecule has 162 valence electrons. The quantitative estimate of drug-likeness (QED) is 0.400. The number of carbonyl (C=O) groups is 1. The SMILES string of the molecule is COc1ccc(CNC(=O)c2ccc(-c3cc(-c4ccc(Cl)cc4)[nH]n3)cc2)cc1OC. The van der Waals surface area contributed by atoms with Crippen molar-refractivity contribution in [3.05, 3.63) is 88.9 Å². The highest BCUT2D eigenvalue weighted by atomic mass is 35.5. The summed E-state index contributed by atoms with van der Waals surface area (Å²) in [5.74, 6) is 1.12. The molecule has 0 fully saturated rings. The Balaban J connectivity index is 1.41. The van der Waals surface area contributed by atoms with Crippen LogP contribution in [0.1, 0.15) is 15.9 Å². The number of nitrogens with zero attached hydrogens (tertiary/aromatic N) is 1. The number of benzene rings is 3. The van der Waals surface area contributed by atoms with E-state index in [1.165, 1.54) is 0 Å². The molecule has 2 N–H and O–H groups in total. The minimum absolute atomic E-state index is 0.157. The number of ether oxygens (including phenoxy) is 2. The van der Waals surface area contributed by atoms with Crippen molar-refractivity contribution in [3.63, 3.8) is 0 Å². The molecule has 4 aromatic rings. The maximum atomic E-state index is 12.6. The van der Waals surface area contributed by atoms with Crippen LogP contribution in [0.3, 0.4) is 0 Å². The van der Waals surface area contributed by atoms with Gasteiger partial charge in [-0.05, 0) is 53.6 Å². The number of methoxy groups -OCH3 is 2. The first kappa shape index (κ1) is 21.5. The average Bonchev–Trinajstić information content (AvgIpc) is 3.33. The summed E-state index contributed by atoms with van der Waals surface area (Å²) in [6.45, 7) is 0.380. The Bertz CT molecular complexity index is 1220. The summed E-state index contributed by atoms with van der Waals surface area (Å²) < 4.78 is 10.5. The first-order valence-corrected chi connectivity index (χ1v) is 10.4. The summed E-state index contributed by atoms with van der Waals surface area (Å²) in [7, 11) is 3.17. The second kappa shape index (κ2) is 9.58. The molecule has 0 radical (unpaired) electrons. The van der Waals surface area contributed by atoms with Crippen LogP contribution in [0.25, 0.3) is 22.5 Å². The molecule has 0 aliphatic carbocycles. The Hall–Kier alpha value is -3.77. The Kier molecular flexibility index (Phi) is 6.42. The van der Waals surface area contributed by atoms with Crippen LogP contribution in [0.4, 0.5) is 0 Å². The minimum Gasteiger partial charge on any atom is -0.493 e. The van der Waals surface area contributed by atoms with E-state index in [4.69, 9.17) is 21.1 Å². The van der Waals surface area contributed by atoms with Gasteiger partial charge in [0.05, 0.1) is 25.6 Å². The van der Waals surface area contributed by atoms with Crippen LogP contribution < -0.4 is 14.8 Å². The van der Waals surface area contributed by atoms with Gasteiger partial charge < -0.3 is 14.8 Å². The van der Waals surface area contributed by atoms with Crippen molar-refractivity contribution in [3.8, 4) is 34.0 Å². The van der Waals surface area contributed by atoms with Crippen molar-refractivity contribution < 1.29 is 14.3 Å². The van der Waals surface area contributed by atoms with E-state index in [0.717, 1.165) is 28.1 Å². The van der Waals surface area contributed by atoms with E-state index in [1.807, 2.05) is 60.7 Å². The van der Waals surface area contributed by atoms with Crippen molar-refractivity contribution in [2.75, 3.05) is 14.2 Å². The molecule has 1 heterocycles. The van der Waals surface area contributed by atoms with Crippen molar-refractivity contribution in [2.24, 2.45) is 0 Å². The standard InChI is InChI=1S/C25H22ClN3O3/c1-31-23-12-3-16(13-24(23)32-2)15-27-25(30)19-6-4-17(5-7-19)21-14-22(29-28-21)18-8-10-20(26)11-9-18/h3-14H,15H2,1-2H3,(H,27,30)(H,28,29). The highest BCUT2D eigenvalue weighted by Crippen LogP contribution is 2.28. The first-order chi connectivity index (χ1) is 15.6. The Labute approximate surface area is 191 Å². The predicted octanol–water partition coefficient (Wildman–Crippen LogP) is 5.34. The smallest absolute Gasteiger partial charge is 0.251 e. The second-order valence-corrected chi connectivity index (χ2v) is 7.56. The zero-order valence-corrected chi connectivity index (χ0v) is 18.4. The third kappa shape index (κ3) is 4.76. The summed E-state index contributed by atoms with van der Waals surface area (Å²) in [5.41, 5.74) is 5.10. The van der Waals surface area contributed by atoms with E-state index < -0.39 is 0 Å². The van der Waals surface area contributed by atoms with Gasteiger partial charge in [-0.1, -0.05) is 41.9 Å². The van der Waals surface area contributed by atoms with Gasteiger partial charge in [-0.25, -0.2) is 0 Å². The molecule has 0 unspecified atom stereocenters. The summed E-state index contributed by atoms with van der Waals surface area (Å²) in [5, 5.41) is 11.0. The maximum absolute atomic E-state index is 12.6. The molecule has 0 spiro atoms. The van der Waals surface area contributed by atoms with E-state index in [2.05, 4.69) is 15.5 Å². The lowest BCUT2D eigenvalue weighted by Crippen LogP contribution is -2.22. The molecule has 0 saturated carbocycles. The number of amides is 1. The van der Waals surface area contributed by atoms with Crippen LogP contribution in [0.15, 0.2) is 72.8 Å². The Morgan fingerprint density at radius 2 is 1.59 bits per heavy atom. The summed E-state index contributed by atoms with van der Waals surface area (Å²) >= 11 is 5.95.